The average Bonchev–Trinajstić information content (AvgIpc) is 2.94. The number of halogens is 5. The Morgan fingerprint density at radius 1 is 0.955 bits per heavy atom. The summed E-state index contributed by atoms with van der Waals surface area (Å²) in [6.07, 6.45) is -1.95. The molecule has 0 bridgehead atoms. The summed E-state index contributed by atoms with van der Waals surface area (Å²) in [5, 5.41) is -0.0702. The lowest BCUT2D eigenvalue weighted by Crippen LogP contribution is -2.42. The topological polar surface area (TPSA) is 22.1 Å². The normalized spacial score (nSPS) is 18.4. The third-order valence-corrected chi connectivity index (χ3v) is 13.9. The van der Waals surface area contributed by atoms with Crippen LogP contribution in [-0.4, -0.2) is 13.3 Å². The zero-order chi connectivity index (χ0) is 32.6. The van der Waals surface area contributed by atoms with Gasteiger partial charge in [0.25, 0.3) is 0 Å². The van der Waals surface area contributed by atoms with E-state index < -0.39 is 32.0 Å². The molecule has 2 aromatic carbocycles. The second-order valence-corrected chi connectivity index (χ2v) is 18.8. The van der Waals surface area contributed by atoms with E-state index >= 15 is 4.39 Å². The number of hydrogen-bond acceptors (Lipinski definition) is 2. The van der Waals surface area contributed by atoms with E-state index in [1.807, 2.05) is 13.8 Å². The summed E-state index contributed by atoms with van der Waals surface area (Å²) in [5.41, 5.74) is 3.23. The SMILES string of the molecule is CCCCC1CCC(O[Si](C)(C)C(C)(C)C)c2c1nc(C(C)C)c(C(F)c1ccc(C(F)(F)F)cc1)c2-c1ccc(F)cc1. The monoisotopic (exact) mass is 631 g/mol. The number of nitrogens with zero attached hydrogens (tertiary/aromatic N) is 1. The molecular weight excluding hydrogens is 585 g/mol. The van der Waals surface area contributed by atoms with E-state index in [1.165, 1.54) is 24.3 Å². The molecule has 0 saturated carbocycles. The fraction of sp³-hybridized carbons (Fsp3) is 0.528. The van der Waals surface area contributed by atoms with E-state index in [-0.39, 0.29) is 28.5 Å². The molecule has 1 heterocycles. The van der Waals surface area contributed by atoms with Gasteiger partial charge in [-0.1, -0.05) is 78.6 Å². The van der Waals surface area contributed by atoms with Crippen molar-refractivity contribution in [1.29, 1.82) is 0 Å². The molecule has 4 rings (SSSR count). The van der Waals surface area contributed by atoms with E-state index in [4.69, 9.17) is 9.41 Å². The van der Waals surface area contributed by atoms with E-state index in [0.29, 0.717) is 22.4 Å². The lowest BCUT2D eigenvalue weighted by atomic mass is 9.76. The zero-order valence-corrected chi connectivity index (χ0v) is 28.2. The van der Waals surface area contributed by atoms with Crippen LogP contribution in [0.1, 0.15) is 131 Å². The number of unbranched alkanes of at least 4 members (excludes halogenated alkanes) is 1. The van der Waals surface area contributed by atoms with Gasteiger partial charge in [-0.2, -0.15) is 13.2 Å². The van der Waals surface area contributed by atoms with Gasteiger partial charge in [0.15, 0.2) is 14.5 Å². The van der Waals surface area contributed by atoms with Gasteiger partial charge in [0, 0.05) is 17.0 Å². The van der Waals surface area contributed by atoms with Gasteiger partial charge >= 0.3 is 6.18 Å². The largest absolute Gasteiger partial charge is 0.416 e. The first kappa shape index (κ1) is 34.3. The van der Waals surface area contributed by atoms with Crippen LogP contribution in [0.2, 0.25) is 18.1 Å². The summed E-state index contributed by atoms with van der Waals surface area (Å²) in [6.45, 7) is 17.0. The van der Waals surface area contributed by atoms with Gasteiger partial charge in [-0.05, 0) is 84.3 Å². The summed E-state index contributed by atoms with van der Waals surface area (Å²) >= 11 is 0. The predicted octanol–water partition coefficient (Wildman–Crippen LogP) is 12.2. The molecule has 1 aliphatic rings. The quantitative estimate of drug-likeness (QED) is 0.173. The fourth-order valence-corrected chi connectivity index (χ4v) is 7.24. The Labute approximate surface area is 260 Å². The number of aromatic nitrogens is 1. The van der Waals surface area contributed by atoms with Crippen molar-refractivity contribution in [2.45, 2.75) is 122 Å². The summed E-state index contributed by atoms with van der Waals surface area (Å²) in [4.78, 5) is 5.24. The Hall–Kier alpha value is -2.58. The van der Waals surface area contributed by atoms with Crippen molar-refractivity contribution in [2.24, 2.45) is 0 Å². The van der Waals surface area contributed by atoms with Crippen LogP contribution >= 0.6 is 0 Å². The third-order valence-electron chi connectivity index (χ3n) is 9.43. The minimum atomic E-state index is -4.53. The minimum Gasteiger partial charge on any atom is -0.410 e. The highest BCUT2D eigenvalue weighted by molar-refractivity contribution is 6.74. The van der Waals surface area contributed by atoms with E-state index in [1.54, 1.807) is 12.1 Å². The Kier molecular flexibility index (Phi) is 10.2. The van der Waals surface area contributed by atoms with Crippen LogP contribution in [-0.2, 0) is 10.6 Å². The number of alkyl halides is 4. The first-order chi connectivity index (χ1) is 20.5. The van der Waals surface area contributed by atoms with Gasteiger partial charge in [0.2, 0.25) is 0 Å². The van der Waals surface area contributed by atoms with Gasteiger partial charge in [0.05, 0.1) is 23.1 Å². The molecule has 0 spiro atoms. The van der Waals surface area contributed by atoms with Gasteiger partial charge in [0.1, 0.15) is 5.82 Å². The van der Waals surface area contributed by atoms with Gasteiger partial charge in [-0.25, -0.2) is 8.78 Å². The fourth-order valence-electron chi connectivity index (χ4n) is 5.94. The Bertz CT molecular complexity index is 1430. The molecule has 0 N–H and O–H groups in total. The van der Waals surface area contributed by atoms with Crippen molar-refractivity contribution in [3.63, 3.8) is 0 Å². The predicted molar refractivity (Wildman–Crippen MR) is 171 cm³/mol. The molecule has 3 atom stereocenters. The van der Waals surface area contributed by atoms with Crippen LogP contribution in [0.15, 0.2) is 48.5 Å². The molecule has 240 valence electrons. The van der Waals surface area contributed by atoms with Crippen molar-refractivity contribution in [3.8, 4) is 11.1 Å². The number of benzene rings is 2. The molecular formula is C36H46F5NOSi. The van der Waals surface area contributed by atoms with E-state index in [2.05, 4.69) is 40.8 Å². The van der Waals surface area contributed by atoms with Crippen LogP contribution in [0.4, 0.5) is 22.0 Å². The van der Waals surface area contributed by atoms with Crippen molar-refractivity contribution in [3.05, 3.63) is 88.0 Å². The maximum absolute atomic E-state index is 17.0. The molecule has 0 saturated heterocycles. The standard InChI is InChI=1S/C36H46F5NOSi/c1-9-10-11-25-16-21-28(43-44(7,8)35(4,5)6)30-29(23-14-19-27(37)20-15-23)31(33(22(2)3)42-34(25)30)32(38)24-12-17-26(18-13-24)36(39,40)41/h12-15,17-20,22,25,28,32H,9-11,16,21H2,1-8H3. The second kappa shape index (κ2) is 13.0. The highest BCUT2D eigenvalue weighted by atomic mass is 28.4. The second-order valence-electron chi connectivity index (χ2n) is 14.0. The Morgan fingerprint density at radius 2 is 1.57 bits per heavy atom. The van der Waals surface area contributed by atoms with Gasteiger partial charge in [-0.3, -0.25) is 4.98 Å². The molecule has 1 aromatic heterocycles. The molecule has 0 fully saturated rings. The number of pyridine rings is 1. The number of fused-ring (bicyclic) bond motifs is 1. The summed E-state index contributed by atoms with van der Waals surface area (Å²) in [6, 6.07) is 10.3. The number of hydrogen-bond donors (Lipinski definition) is 0. The molecule has 1 aliphatic carbocycles. The van der Waals surface area contributed by atoms with Crippen LogP contribution in [0.5, 0.6) is 0 Å². The summed E-state index contributed by atoms with van der Waals surface area (Å²) in [7, 11) is -2.30. The lowest BCUT2D eigenvalue weighted by Gasteiger charge is -2.43. The maximum Gasteiger partial charge on any atom is 0.416 e. The molecule has 2 nitrogen and oxygen atoms in total. The van der Waals surface area contributed by atoms with E-state index in [9.17, 15) is 17.6 Å². The first-order valence-electron chi connectivity index (χ1n) is 15.8. The molecule has 0 amide bonds. The average molecular weight is 632 g/mol. The maximum atomic E-state index is 17.0. The smallest absolute Gasteiger partial charge is 0.410 e. The van der Waals surface area contributed by atoms with Crippen LogP contribution in [0, 0.1) is 5.82 Å². The Balaban J connectivity index is 2.06. The summed E-state index contributed by atoms with van der Waals surface area (Å²) < 4.78 is 78.4. The van der Waals surface area contributed by atoms with E-state index in [0.717, 1.165) is 55.5 Å². The first-order valence-corrected chi connectivity index (χ1v) is 18.7. The van der Waals surface area contributed by atoms with Crippen molar-refractivity contribution in [1.82, 2.24) is 4.98 Å². The molecule has 44 heavy (non-hydrogen) atoms. The van der Waals surface area contributed by atoms with Crippen LogP contribution in [0.3, 0.4) is 0 Å². The highest BCUT2D eigenvalue weighted by Gasteiger charge is 2.43. The minimum absolute atomic E-state index is 0.0702. The molecule has 0 aliphatic heterocycles. The van der Waals surface area contributed by atoms with Gasteiger partial charge < -0.3 is 4.43 Å². The van der Waals surface area contributed by atoms with Crippen LogP contribution < -0.4 is 0 Å². The lowest BCUT2D eigenvalue weighted by molar-refractivity contribution is -0.137. The van der Waals surface area contributed by atoms with Crippen molar-refractivity contribution in [2.75, 3.05) is 0 Å². The van der Waals surface area contributed by atoms with Crippen LogP contribution in [0.25, 0.3) is 11.1 Å². The number of rotatable bonds is 9. The molecule has 3 unspecified atom stereocenters. The Morgan fingerprint density at radius 3 is 2.09 bits per heavy atom. The molecule has 3 aromatic rings. The van der Waals surface area contributed by atoms with Crippen molar-refractivity contribution >= 4 is 8.32 Å². The molecule has 8 heteroatoms. The molecule has 0 radical (unpaired) electrons. The third kappa shape index (κ3) is 7.12. The summed E-state index contributed by atoms with van der Waals surface area (Å²) in [5.74, 6) is -0.411. The highest BCUT2D eigenvalue weighted by Crippen LogP contribution is 2.52. The zero-order valence-electron chi connectivity index (χ0n) is 27.2. The van der Waals surface area contributed by atoms with Gasteiger partial charge in [-0.15, -0.1) is 0 Å². The van der Waals surface area contributed by atoms with Crippen molar-refractivity contribution < 1.29 is 26.4 Å².